The summed E-state index contributed by atoms with van der Waals surface area (Å²) in [6.45, 7) is 5.02. The Balaban J connectivity index is 1.36. The van der Waals surface area contributed by atoms with Gasteiger partial charge in [0.15, 0.2) is 0 Å². The van der Waals surface area contributed by atoms with Crippen LogP contribution < -0.4 is 5.56 Å². The van der Waals surface area contributed by atoms with Gasteiger partial charge >= 0.3 is 0 Å². The highest BCUT2D eigenvalue weighted by atomic mass is 16.3. The Kier molecular flexibility index (Phi) is 4.37. The fourth-order valence-electron chi connectivity index (χ4n) is 5.29. The standard InChI is InChI=1S/C23H27N3O3/c1-15-7-10-22(27)26(24-15)14-23(28)11-17-8-9-18(12-23)25(17)13-21-16(2)19-5-3-4-6-20(19)29-21/h3-7,10,17-18,28H,8-9,11-14H2,1-2H3. The van der Waals surface area contributed by atoms with E-state index in [0.717, 1.165) is 36.4 Å². The number of benzene rings is 1. The summed E-state index contributed by atoms with van der Waals surface area (Å²) in [5.74, 6) is 1.02. The van der Waals surface area contributed by atoms with Gasteiger partial charge in [0, 0.05) is 23.5 Å². The smallest absolute Gasteiger partial charge is 0.266 e. The third kappa shape index (κ3) is 3.30. The summed E-state index contributed by atoms with van der Waals surface area (Å²) in [5, 5.41) is 16.8. The molecule has 2 aliphatic heterocycles. The summed E-state index contributed by atoms with van der Waals surface area (Å²) in [6, 6.07) is 12.0. The summed E-state index contributed by atoms with van der Waals surface area (Å²) >= 11 is 0. The Labute approximate surface area is 169 Å². The average Bonchev–Trinajstić information content (AvgIpc) is 3.13. The minimum absolute atomic E-state index is 0.156. The van der Waals surface area contributed by atoms with Gasteiger partial charge in [-0.25, -0.2) is 4.68 Å². The van der Waals surface area contributed by atoms with Crippen LogP contribution in [0.15, 0.2) is 45.6 Å². The van der Waals surface area contributed by atoms with Gasteiger partial charge in [-0.3, -0.25) is 9.69 Å². The van der Waals surface area contributed by atoms with Crippen LogP contribution in [-0.2, 0) is 13.1 Å². The topological polar surface area (TPSA) is 71.5 Å². The van der Waals surface area contributed by atoms with Gasteiger partial charge in [0.1, 0.15) is 11.3 Å². The van der Waals surface area contributed by atoms with Crippen molar-refractivity contribution >= 4 is 11.0 Å². The van der Waals surface area contributed by atoms with Gasteiger partial charge in [-0.15, -0.1) is 0 Å². The molecule has 1 aromatic carbocycles. The van der Waals surface area contributed by atoms with Crippen LogP contribution in [0.4, 0.5) is 0 Å². The molecule has 2 bridgehead atoms. The zero-order chi connectivity index (χ0) is 20.2. The van der Waals surface area contributed by atoms with Crippen molar-refractivity contribution in [3.8, 4) is 0 Å². The molecule has 2 atom stereocenters. The molecule has 0 spiro atoms. The SMILES string of the molecule is Cc1ccc(=O)n(CC2(O)CC3CCC(C2)N3Cc2oc3ccccc3c2C)n1. The first-order valence-corrected chi connectivity index (χ1v) is 10.4. The molecule has 3 aromatic rings. The molecule has 0 amide bonds. The summed E-state index contributed by atoms with van der Waals surface area (Å²) in [4.78, 5) is 14.7. The zero-order valence-corrected chi connectivity index (χ0v) is 17.0. The summed E-state index contributed by atoms with van der Waals surface area (Å²) in [7, 11) is 0. The molecular formula is C23H27N3O3. The molecule has 2 saturated heterocycles. The average molecular weight is 393 g/mol. The van der Waals surface area contributed by atoms with E-state index >= 15 is 0 Å². The van der Waals surface area contributed by atoms with E-state index in [1.807, 2.05) is 25.1 Å². The predicted molar refractivity (Wildman–Crippen MR) is 111 cm³/mol. The van der Waals surface area contributed by atoms with Gasteiger partial charge < -0.3 is 9.52 Å². The maximum absolute atomic E-state index is 12.2. The maximum atomic E-state index is 12.2. The monoisotopic (exact) mass is 393 g/mol. The summed E-state index contributed by atoms with van der Waals surface area (Å²) < 4.78 is 7.57. The van der Waals surface area contributed by atoms with Crippen LogP contribution in [0.5, 0.6) is 0 Å². The van der Waals surface area contributed by atoms with Crippen LogP contribution in [0.1, 0.15) is 42.7 Å². The van der Waals surface area contributed by atoms with Gasteiger partial charge in [-0.1, -0.05) is 18.2 Å². The van der Waals surface area contributed by atoms with Gasteiger partial charge in [-0.05, 0) is 57.2 Å². The van der Waals surface area contributed by atoms with Crippen LogP contribution in [0.25, 0.3) is 11.0 Å². The zero-order valence-electron chi connectivity index (χ0n) is 17.0. The quantitative estimate of drug-likeness (QED) is 0.737. The molecule has 1 N–H and O–H groups in total. The van der Waals surface area contributed by atoms with Crippen LogP contribution in [-0.4, -0.2) is 37.5 Å². The molecule has 0 aliphatic carbocycles. The van der Waals surface area contributed by atoms with Crippen LogP contribution >= 0.6 is 0 Å². The lowest BCUT2D eigenvalue weighted by Crippen LogP contribution is -2.53. The van der Waals surface area contributed by atoms with Crippen molar-refractivity contribution in [3.05, 3.63) is 63.8 Å². The highest BCUT2D eigenvalue weighted by Gasteiger charge is 2.48. The number of hydrogen-bond donors (Lipinski definition) is 1. The molecule has 2 aliphatic rings. The number of rotatable bonds is 4. The highest BCUT2D eigenvalue weighted by molar-refractivity contribution is 5.81. The molecule has 2 fully saturated rings. The molecule has 2 unspecified atom stereocenters. The van der Waals surface area contributed by atoms with E-state index in [2.05, 4.69) is 23.0 Å². The van der Waals surface area contributed by atoms with Crippen molar-refractivity contribution in [2.45, 2.75) is 70.3 Å². The molecule has 0 saturated carbocycles. The Morgan fingerprint density at radius 2 is 1.86 bits per heavy atom. The fourth-order valence-corrected chi connectivity index (χ4v) is 5.29. The van der Waals surface area contributed by atoms with Crippen LogP contribution in [0.3, 0.4) is 0 Å². The third-order valence-corrected chi connectivity index (χ3v) is 6.72. The van der Waals surface area contributed by atoms with E-state index in [0.29, 0.717) is 24.9 Å². The number of fused-ring (bicyclic) bond motifs is 3. The summed E-state index contributed by atoms with van der Waals surface area (Å²) in [6.07, 6.45) is 3.46. The third-order valence-electron chi connectivity index (χ3n) is 6.72. The van der Waals surface area contributed by atoms with Crippen molar-refractivity contribution in [2.24, 2.45) is 0 Å². The van der Waals surface area contributed by atoms with Crippen LogP contribution in [0.2, 0.25) is 0 Å². The molecule has 5 rings (SSSR count). The van der Waals surface area contributed by atoms with Crippen molar-refractivity contribution in [2.75, 3.05) is 0 Å². The number of aromatic nitrogens is 2. The highest BCUT2D eigenvalue weighted by Crippen LogP contribution is 2.42. The van der Waals surface area contributed by atoms with Crippen molar-refractivity contribution in [1.82, 2.24) is 14.7 Å². The van der Waals surface area contributed by atoms with E-state index in [-0.39, 0.29) is 12.1 Å². The molecule has 0 radical (unpaired) electrons. The molecule has 152 valence electrons. The van der Waals surface area contributed by atoms with Gasteiger partial charge in [0.2, 0.25) is 0 Å². The predicted octanol–water partition coefficient (Wildman–Crippen LogP) is 3.16. The molecule has 6 nitrogen and oxygen atoms in total. The number of nitrogens with zero attached hydrogens (tertiary/aromatic N) is 3. The minimum Gasteiger partial charge on any atom is -0.459 e. The number of hydrogen-bond acceptors (Lipinski definition) is 5. The molecular weight excluding hydrogens is 366 g/mol. The van der Waals surface area contributed by atoms with Gasteiger partial charge in [0.25, 0.3) is 5.56 Å². The van der Waals surface area contributed by atoms with Gasteiger partial charge in [-0.2, -0.15) is 5.10 Å². The Morgan fingerprint density at radius 1 is 1.14 bits per heavy atom. The minimum atomic E-state index is -0.893. The van der Waals surface area contributed by atoms with Crippen molar-refractivity contribution < 1.29 is 9.52 Å². The van der Waals surface area contributed by atoms with E-state index in [9.17, 15) is 9.90 Å². The Hall–Kier alpha value is -2.44. The molecule has 4 heterocycles. The number of furan rings is 1. The summed E-state index contributed by atoms with van der Waals surface area (Å²) in [5.41, 5.74) is 1.88. The number of piperidine rings is 1. The Bertz CT molecular complexity index is 1100. The lowest BCUT2D eigenvalue weighted by Gasteiger charge is -2.43. The number of aliphatic hydroxyl groups is 1. The van der Waals surface area contributed by atoms with Crippen molar-refractivity contribution in [3.63, 3.8) is 0 Å². The van der Waals surface area contributed by atoms with E-state index in [1.54, 1.807) is 6.07 Å². The second-order valence-electron chi connectivity index (χ2n) is 8.81. The van der Waals surface area contributed by atoms with Gasteiger partial charge in [0.05, 0.1) is 24.4 Å². The van der Waals surface area contributed by atoms with Crippen molar-refractivity contribution in [1.29, 1.82) is 0 Å². The maximum Gasteiger partial charge on any atom is 0.266 e. The van der Waals surface area contributed by atoms with E-state index < -0.39 is 5.60 Å². The lowest BCUT2D eigenvalue weighted by atomic mass is 9.85. The molecule has 2 aromatic heterocycles. The lowest BCUT2D eigenvalue weighted by molar-refractivity contribution is -0.0690. The first-order valence-electron chi connectivity index (χ1n) is 10.4. The first kappa shape index (κ1) is 18.6. The number of para-hydroxylation sites is 1. The second kappa shape index (κ2) is 6.82. The van der Waals surface area contributed by atoms with E-state index in [4.69, 9.17) is 4.42 Å². The Morgan fingerprint density at radius 3 is 2.59 bits per heavy atom. The fraction of sp³-hybridized carbons (Fsp3) is 0.478. The normalized spacial score (nSPS) is 27.0. The van der Waals surface area contributed by atoms with E-state index in [1.165, 1.54) is 21.7 Å². The first-order chi connectivity index (χ1) is 13.9. The van der Waals surface area contributed by atoms with Crippen LogP contribution in [0, 0.1) is 13.8 Å². The molecule has 29 heavy (non-hydrogen) atoms. The number of aryl methyl sites for hydroxylation is 2. The molecule has 6 heteroatoms. The second-order valence-corrected chi connectivity index (χ2v) is 8.81. The largest absolute Gasteiger partial charge is 0.459 e.